The number of carboxylic acid groups (broad SMARTS) is 2. The van der Waals surface area contributed by atoms with Gasteiger partial charge in [0.25, 0.3) is 0 Å². The van der Waals surface area contributed by atoms with Crippen LogP contribution < -0.4 is 0 Å². The van der Waals surface area contributed by atoms with E-state index in [1.54, 1.807) is 0 Å². The zero-order valence-electron chi connectivity index (χ0n) is 19.3. The van der Waals surface area contributed by atoms with Crippen molar-refractivity contribution in [1.29, 1.82) is 0 Å². The lowest BCUT2D eigenvalue weighted by Crippen LogP contribution is -2.60. The van der Waals surface area contributed by atoms with E-state index in [2.05, 4.69) is 38.4 Å². The van der Waals surface area contributed by atoms with Gasteiger partial charge in [0.1, 0.15) is 35.8 Å². The van der Waals surface area contributed by atoms with Crippen LogP contribution >= 0.6 is 0 Å². The fourth-order valence-corrected chi connectivity index (χ4v) is 6.24. The van der Waals surface area contributed by atoms with Gasteiger partial charge in [-0.1, -0.05) is 48.5 Å². The summed E-state index contributed by atoms with van der Waals surface area (Å²) >= 11 is 0. The number of hydrogen-bond acceptors (Lipinski definition) is 5. The molecule has 3 fully saturated rings. The number of epoxide rings is 1. The molecule has 34 heavy (non-hydrogen) atoms. The van der Waals surface area contributed by atoms with E-state index in [-0.39, 0.29) is 12.1 Å². The number of aliphatic carboxylic acids is 2. The van der Waals surface area contributed by atoms with E-state index < -0.39 is 17.4 Å². The summed E-state index contributed by atoms with van der Waals surface area (Å²) in [5, 5.41) is 14.8. The average Bonchev–Trinajstić information content (AvgIpc) is 3.52. The Labute approximate surface area is 197 Å². The summed E-state index contributed by atoms with van der Waals surface area (Å²) in [6, 6.07) is 17.4. The van der Waals surface area contributed by atoms with Gasteiger partial charge in [0.15, 0.2) is 0 Å². The van der Waals surface area contributed by atoms with Gasteiger partial charge in [-0.05, 0) is 29.2 Å². The molecule has 0 saturated carbocycles. The van der Waals surface area contributed by atoms with Crippen molar-refractivity contribution in [2.75, 3.05) is 14.1 Å². The van der Waals surface area contributed by atoms with Gasteiger partial charge in [-0.15, -0.1) is 0 Å². The summed E-state index contributed by atoms with van der Waals surface area (Å²) in [7, 11) is 4.60. The maximum absolute atomic E-state index is 13.6. The highest BCUT2D eigenvalue weighted by Gasteiger charge is 2.71. The van der Waals surface area contributed by atoms with Gasteiger partial charge in [-0.25, -0.2) is 9.59 Å². The first-order chi connectivity index (χ1) is 16.1. The molecule has 0 amide bonds. The second-order valence-electron chi connectivity index (χ2n) is 10.2. The summed E-state index contributed by atoms with van der Waals surface area (Å²) < 4.78 is 13.1. The lowest BCUT2D eigenvalue weighted by Gasteiger charge is -2.45. The van der Waals surface area contributed by atoms with E-state index >= 15 is 0 Å². The highest BCUT2D eigenvalue weighted by atomic mass is 16.6. The lowest BCUT2D eigenvalue weighted by atomic mass is 9.80. The van der Waals surface area contributed by atoms with Crippen molar-refractivity contribution in [1.82, 2.24) is 0 Å². The average molecular weight is 467 g/mol. The van der Waals surface area contributed by atoms with Crippen molar-refractivity contribution in [2.45, 2.75) is 55.6 Å². The standard InChI is InChI=1S/C24H26NO3.C2H2O4/c1-24(17-10-6-4-8-15(17)16-9-5-7-11-18(16)24)23(26)27-14-12-19-21-22(28-21)20(13-14)25(19,2)3;3-1(4)2(5)6/h4-11,14,19-22H,12-13H2,1-3H3;(H,3,4)(H,5,6)/q+1;. The number of piperidine rings is 1. The highest BCUT2D eigenvalue weighted by Crippen LogP contribution is 2.53. The molecule has 4 atom stereocenters. The van der Waals surface area contributed by atoms with Crippen LogP contribution in [0.3, 0.4) is 0 Å². The Morgan fingerprint density at radius 2 is 1.32 bits per heavy atom. The number of rotatable bonds is 2. The molecule has 4 unspecified atom stereocenters. The first-order valence-corrected chi connectivity index (χ1v) is 11.4. The first kappa shape index (κ1) is 22.6. The van der Waals surface area contributed by atoms with Crippen LogP contribution in [-0.2, 0) is 29.3 Å². The zero-order valence-corrected chi connectivity index (χ0v) is 19.3. The van der Waals surface area contributed by atoms with Crippen molar-refractivity contribution in [2.24, 2.45) is 0 Å². The normalized spacial score (nSPS) is 30.0. The van der Waals surface area contributed by atoms with Crippen LogP contribution in [0, 0.1) is 0 Å². The summed E-state index contributed by atoms with van der Waals surface area (Å²) in [4.78, 5) is 31.8. The van der Waals surface area contributed by atoms with E-state index in [0.717, 1.165) is 39.6 Å². The lowest BCUT2D eigenvalue weighted by molar-refractivity contribution is -0.938. The Hall–Kier alpha value is -3.23. The summed E-state index contributed by atoms with van der Waals surface area (Å²) in [6.07, 6.45) is 2.52. The summed E-state index contributed by atoms with van der Waals surface area (Å²) in [5.41, 5.74) is 3.67. The van der Waals surface area contributed by atoms with E-state index in [4.69, 9.17) is 29.3 Å². The van der Waals surface area contributed by atoms with Crippen molar-refractivity contribution in [3.63, 3.8) is 0 Å². The Kier molecular flexibility index (Phi) is 5.07. The number of fused-ring (bicyclic) bond motifs is 8. The van der Waals surface area contributed by atoms with Gasteiger partial charge in [0.2, 0.25) is 0 Å². The number of benzene rings is 2. The third-order valence-corrected chi connectivity index (χ3v) is 8.12. The van der Waals surface area contributed by atoms with Crippen molar-refractivity contribution >= 4 is 17.9 Å². The number of carboxylic acids is 2. The fraction of sp³-hybridized carbons (Fsp3) is 0.423. The molecule has 2 aromatic rings. The maximum Gasteiger partial charge on any atom is 0.414 e. The number of ether oxygens (including phenoxy) is 2. The number of carbonyl (C=O) groups is 3. The molecule has 1 aliphatic carbocycles. The minimum Gasteiger partial charge on any atom is -0.473 e. The largest absolute Gasteiger partial charge is 0.473 e. The number of carbonyl (C=O) groups excluding carboxylic acids is 1. The molecule has 2 N–H and O–H groups in total. The molecule has 0 aromatic heterocycles. The molecule has 6 rings (SSSR count). The van der Waals surface area contributed by atoms with Crippen LogP contribution in [0.5, 0.6) is 0 Å². The van der Waals surface area contributed by atoms with Gasteiger partial charge >= 0.3 is 17.9 Å². The van der Waals surface area contributed by atoms with Crippen LogP contribution in [0.25, 0.3) is 11.1 Å². The molecule has 178 valence electrons. The quantitative estimate of drug-likeness (QED) is 0.302. The number of esters is 1. The van der Waals surface area contributed by atoms with Gasteiger partial charge in [0, 0.05) is 12.8 Å². The third-order valence-electron chi connectivity index (χ3n) is 8.12. The maximum atomic E-state index is 13.6. The Balaban J connectivity index is 0.000000360. The van der Waals surface area contributed by atoms with E-state index in [9.17, 15) is 4.79 Å². The molecule has 2 aromatic carbocycles. The number of nitrogens with zero attached hydrogens (tertiary/aromatic N) is 1. The molecule has 8 nitrogen and oxygen atoms in total. The summed E-state index contributed by atoms with van der Waals surface area (Å²) in [6.45, 7) is 2.03. The molecule has 4 aliphatic rings. The number of likely N-dealkylation sites (N-methyl/N-ethyl adjacent to an activating group) is 1. The minimum atomic E-state index is -1.82. The van der Waals surface area contributed by atoms with Crippen LogP contribution in [0.15, 0.2) is 48.5 Å². The third kappa shape index (κ3) is 3.24. The second kappa shape index (κ2) is 7.65. The van der Waals surface area contributed by atoms with Crippen molar-refractivity contribution in [3.8, 4) is 11.1 Å². The molecular formula is C26H28NO7+. The predicted molar refractivity (Wildman–Crippen MR) is 121 cm³/mol. The zero-order chi connectivity index (χ0) is 24.4. The van der Waals surface area contributed by atoms with Crippen LogP contribution in [0.1, 0.15) is 30.9 Å². The van der Waals surface area contributed by atoms with Crippen molar-refractivity contribution in [3.05, 3.63) is 59.7 Å². The monoisotopic (exact) mass is 466 g/mol. The molecule has 3 saturated heterocycles. The Bertz CT molecular complexity index is 1110. The Morgan fingerprint density at radius 3 is 1.76 bits per heavy atom. The summed E-state index contributed by atoms with van der Waals surface area (Å²) in [5.74, 6) is -3.76. The van der Waals surface area contributed by atoms with Gasteiger partial charge in [0.05, 0.1) is 14.1 Å². The topological polar surface area (TPSA) is 113 Å². The SMILES string of the molecule is CC1(C(=O)OC2CC3C4OC4C(C2)[N+]3(C)C)c2ccccc2-c2ccccc21.O=C(O)C(=O)O. The van der Waals surface area contributed by atoms with Gasteiger partial charge in [-0.2, -0.15) is 0 Å². The Morgan fingerprint density at radius 1 is 0.882 bits per heavy atom. The van der Waals surface area contributed by atoms with Gasteiger partial charge in [-0.3, -0.25) is 4.79 Å². The van der Waals surface area contributed by atoms with Crippen molar-refractivity contribution < 1.29 is 38.6 Å². The molecular weight excluding hydrogens is 438 g/mol. The molecule has 3 aliphatic heterocycles. The minimum absolute atomic E-state index is 0.0122. The molecule has 3 heterocycles. The molecule has 2 bridgehead atoms. The fourth-order valence-electron chi connectivity index (χ4n) is 6.24. The first-order valence-electron chi connectivity index (χ1n) is 11.4. The number of hydrogen-bond donors (Lipinski definition) is 2. The molecule has 0 spiro atoms. The highest BCUT2D eigenvalue weighted by molar-refractivity contribution is 6.27. The molecule has 8 heteroatoms. The second-order valence-corrected chi connectivity index (χ2v) is 10.2. The van der Waals surface area contributed by atoms with Crippen LogP contribution in [0.2, 0.25) is 0 Å². The molecule has 0 radical (unpaired) electrons. The smallest absolute Gasteiger partial charge is 0.414 e. The van der Waals surface area contributed by atoms with Crippen LogP contribution in [-0.4, -0.2) is 77.1 Å². The number of quaternary nitrogens is 1. The number of morpholine rings is 1. The predicted octanol–water partition coefficient (Wildman–Crippen LogP) is 2.43. The van der Waals surface area contributed by atoms with E-state index in [1.165, 1.54) is 0 Å². The van der Waals surface area contributed by atoms with E-state index in [0.29, 0.717) is 24.3 Å². The van der Waals surface area contributed by atoms with Crippen LogP contribution in [0.4, 0.5) is 0 Å². The van der Waals surface area contributed by atoms with E-state index in [1.807, 2.05) is 31.2 Å². The van der Waals surface area contributed by atoms with Gasteiger partial charge < -0.3 is 24.2 Å².